The molecule has 1 heterocycles. The van der Waals surface area contributed by atoms with Crippen molar-refractivity contribution in [2.75, 3.05) is 74.2 Å². The van der Waals surface area contributed by atoms with Crippen molar-refractivity contribution in [1.82, 2.24) is 14.7 Å². The fourth-order valence-electron chi connectivity index (χ4n) is 5.36. The van der Waals surface area contributed by atoms with Crippen LogP contribution in [-0.2, 0) is 19.3 Å². The summed E-state index contributed by atoms with van der Waals surface area (Å²) in [7, 11) is 0. The highest BCUT2D eigenvalue weighted by atomic mass is 32.2. The second-order valence-corrected chi connectivity index (χ2v) is 14.9. The normalized spacial score (nSPS) is 14.9. The van der Waals surface area contributed by atoms with Crippen molar-refractivity contribution in [3.8, 4) is 0 Å². The molecule has 3 nitrogen and oxygen atoms in total. The van der Waals surface area contributed by atoms with Gasteiger partial charge >= 0.3 is 0 Å². The highest BCUT2D eigenvalue weighted by Gasteiger charge is 2.22. The van der Waals surface area contributed by atoms with E-state index in [1.807, 2.05) is 0 Å². The molecule has 6 heteroatoms. The fraction of sp³-hybridized carbons (Fsp3) is 0.500. The molecule has 1 fully saturated rings. The Morgan fingerprint density at radius 1 is 0.381 bits per heavy atom. The molecule has 0 spiro atoms. The molecule has 1 aliphatic heterocycles. The van der Waals surface area contributed by atoms with E-state index in [1.165, 1.54) is 109 Å². The molecule has 0 radical (unpaired) electrons. The molecule has 3 aromatic carbocycles. The maximum absolute atomic E-state index is 2.69. The summed E-state index contributed by atoms with van der Waals surface area (Å²) in [5, 5.41) is 0. The van der Waals surface area contributed by atoms with E-state index in [9.17, 15) is 0 Å². The SMILES string of the molecule is c1ccc(CCCSCCN2CN(CCSCCCc3ccccc3)CN(CCSCCCc3ccccc3)C2)cc1. The third-order valence-corrected chi connectivity index (χ3v) is 10.8. The zero-order valence-electron chi connectivity index (χ0n) is 25.5. The van der Waals surface area contributed by atoms with Gasteiger partial charge in [0.25, 0.3) is 0 Å². The van der Waals surface area contributed by atoms with Gasteiger partial charge in [-0.2, -0.15) is 35.3 Å². The largest absolute Gasteiger partial charge is 0.277 e. The van der Waals surface area contributed by atoms with Gasteiger partial charge < -0.3 is 0 Å². The van der Waals surface area contributed by atoms with Crippen molar-refractivity contribution < 1.29 is 0 Å². The van der Waals surface area contributed by atoms with Gasteiger partial charge in [0.2, 0.25) is 0 Å². The third-order valence-electron chi connectivity index (χ3n) is 7.65. The second kappa shape index (κ2) is 21.3. The average Bonchev–Trinajstić information content (AvgIpc) is 3.04. The maximum Gasteiger partial charge on any atom is 0.0530 e. The van der Waals surface area contributed by atoms with E-state index < -0.39 is 0 Å². The summed E-state index contributed by atoms with van der Waals surface area (Å²) in [6.45, 7) is 6.94. The quantitative estimate of drug-likeness (QED) is 0.111. The van der Waals surface area contributed by atoms with Gasteiger partial charge in [-0.3, -0.25) is 14.7 Å². The summed E-state index contributed by atoms with van der Waals surface area (Å²) < 4.78 is 0. The molecule has 1 saturated heterocycles. The number of benzene rings is 3. The molecule has 0 atom stereocenters. The summed E-state index contributed by atoms with van der Waals surface area (Å²) >= 11 is 6.40. The number of hydrogen-bond donors (Lipinski definition) is 0. The molecule has 0 bridgehead atoms. The first-order valence-electron chi connectivity index (χ1n) is 15.9. The van der Waals surface area contributed by atoms with Gasteiger partial charge in [-0.05, 0) is 72.5 Å². The van der Waals surface area contributed by atoms with Crippen LogP contribution in [0, 0.1) is 0 Å². The second-order valence-electron chi connectivity index (χ2n) is 11.2. The van der Waals surface area contributed by atoms with Crippen LogP contribution < -0.4 is 0 Å². The Bertz CT molecular complexity index is 912. The van der Waals surface area contributed by atoms with Gasteiger partial charge in [-0.1, -0.05) is 91.0 Å². The summed E-state index contributed by atoms with van der Waals surface area (Å²) in [5.74, 6) is 7.48. The number of nitrogens with zero attached hydrogens (tertiary/aromatic N) is 3. The molecular weight excluding hydrogens is 571 g/mol. The zero-order valence-corrected chi connectivity index (χ0v) is 27.9. The lowest BCUT2D eigenvalue weighted by Gasteiger charge is -2.42. The van der Waals surface area contributed by atoms with E-state index in [0.29, 0.717) is 0 Å². The van der Waals surface area contributed by atoms with E-state index in [2.05, 4.69) is 141 Å². The Morgan fingerprint density at radius 3 is 0.952 bits per heavy atom. The maximum atomic E-state index is 2.69. The predicted molar refractivity (Wildman–Crippen MR) is 191 cm³/mol. The Hall–Kier alpha value is -1.41. The molecule has 1 aliphatic rings. The molecule has 0 aromatic heterocycles. The Kier molecular flexibility index (Phi) is 17.0. The summed E-state index contributed by atoms with van der Waals surface area (Å²) in [6.07, 6.45) is 7.42. The number of rotatable bonds is 21. The van der Waals surface area contributed by atoms with Crippen molar-refractivity contribution in [2.24, 2.45) is 0 Å². The van der Waals surface area contributed by atoms with Gasteiger partial charge in [-0.15, -0.1) is 0 Å². The number of thioether (sulfide) groups is 3. The minimum atomic E-state index is 1.12. The third kappa shape index (κ3) is 14.4. The standard InChI is InChI=1S/C36H51N3S3/c1-4-13-34(14-5-1)19-10-25-40-28-22-37-31-38(23-29-41-26-11-20-35-15-6-2-7-16-35)33-39(32-37)24-30-42-27-12-21-36-17-8-3-9-18-36/h1-9,13-18H,10-12,19-33H2. The smallest absolute Gasteiger partial charge is 0.0530 e. The van der Waals surface area contributed by atoms with Gasteiger partial charge in [0.1, 0.15) is 0 Å². The topological polar surface area (TPSA) is 9.72 Å². The van der Waals surface area contributed by atoms with Gasteiger partial charge in [-0.25, -0.2) is 0 Å². The number of hydrogen-bond acceptors (Lipinski definition) is 6. The van der Waals surface area contributed by atoms with E-state index in [-0.39, 0.29) is 0 Å². The van der Waals surface area contributed by atoms with Crippen LogP contribution in [0.15, 0.2) is 91.0 Å². The molecule has 0 aliphatic carbocycles. The lowest BCUT2D eigenvalue weighted by molar-refractivity contribution is -0.0195. The fourth-order valence-corrected chi connectivity index (χ4v) is 8.18. The van der Waals surface area contributed by atoms with Crippen LogP contribution >= 0.6 is 35.3 Å². The van der Waals surface area contributed by atoms with Crippen LogP contribution in [0.4, 0.5) is 0 Å². The zero-order chi connectivity index (χ0) is 28.9. The minimum Gasteiger partial charge on any atom is -0.277 e. The highest BCUT2D eigenvalue weighted by Crippen LogP contribution is 2.15. The van der Waals surface area contributed by atoms with E-state index in [4.69, 9.17) is 0 Å². The van der Waals surface area contributed by atoms with Crippen LogP contribution in [0.3, 0.4) is 0 Å². The molecule has 4 rings (SSSR count). The monoisotopic (exact) mass is 621 g/mol. The van der Waals surface area contributed by atoms with Gasteiger partial charge in [0.15, 0.2) is 0 Å². The van der Waals surface area contributed by atoms with Crippen LogP contribution in [0.1, 0.15) is 36.0 Å². The molecule has 228 valence electrons. The average molecular weight is 622 g/mol. The highest BCUT2D eigenvalue weighted by molar-refractivity contribution is 7.99. The van der Waals surface area contributed by atoms with Crippen molar-refractivity contribution >= 4 is 35.3 Å². The first-order chi connectivity index (χ1) is 20.8. The van der Waals surface area contributed by atoms with Crippen molar-refractivity contribution in [1.29, 1.82) is 0 Å². The first kappa shape index (κ1) is 33.5. The van der Waals surface area contributed by atoms with Crippen molar-refractivity contribution in [2.45, 2.75) is 38.5 Å². The van der Waals surface area contributed by atoms with Gasteiger partial charge in [0.05, 0.1) is 20.0 Å². The molecule has 0 saturated carbocycles. The minimum absolute atomic E-state index is 1.12. The van der Waals surface area contributed by atoms with E-state index >= 15 is 0 Å². The van der Waals surface area contributed by atoms with Crippen LogP contribution in [0.5, 0.6) is 0 Å². The molecule has 0 amide bonds. The summed E-state index contributed by atoms with van der Waals surface area (Å²) in [6, 6.07) is 32.8. The van der Waals surface area contributed by atoms with Gasteiger partial charge in [0, 0.05) is 36.9 Å². The van der Waals surface area contributed by atoms with E-state index in [0.717, 1.165) is 20.0 Å². The van der Waals surface area contributed by atoms with Crippen molar-refractivity contribution in [3.05, 3.63) is 108 Å². The Labute approximate surface area is 269 Å². The number of aryl methyl sites for hydroxylation is 3. The van der Waals surface area contributed by atoms with Crippen LogP contribution in [0.2, 0.25) is 0 Å². The molecule has 42 heavy (non-hydrogen) atoms. The van der Waals surface area contributed by atoms with E-state index in [1.54, 1.807) is 0 Å². The molecular formula is C36H51N3S3. The molecule has 0 unspecified atom stereocenters. The van der Waals surface area contributed by atoms with Crippen molar-refractivity contribution in [3.63, 3.8) is 0 Å². The lowest BCUT2D eigenvalue weighted by atomic mass is 10.1. The molecule has 0 N–H and O–H groups in total. The predicted octanol–water partition coefficient (Wildman–Crippen LogP) is 7.88. The summed E-state index contributed by atoms with van der Waals surface area (Å²) in [4.78, 5) is 8.06. The summed E-state index contributed by atoms with van der Waals surface area (Å²) in [5.41, 5.74) is 4.41. The first-order valence-corrected chi connectivity index (χ1v) is 19.3. The van der Waals surface area contributed by atoms with Crippen LogP contribution in [-0.4, -0.2) is 88.9 Å². The van der Waals surface area contributed by atoms with Crippen LogP contribution in [0.25, 0.3) is 0 Å². The lowest BCUT2D eigenvalue weighted by Crippen LogP contribution is -2.56. The Balaban J connectivity index is 1.11. The molecule has 3 aromatic rings. The Morgan fingerprint density at radius 2 is 0.667 bits per heavy atom.